The van der Waals surface area contributed by atoms with Crippen LogP contribution in [0.15, 0.2) is 18.2 Å². The lowest BCUT2D eigenvalue weighted by molar-refractivity contribution is -0.384. The molecule has 0 aromatic heterocycles. The van der Waals surface area contributed by atoms with Crippen LogP contribution in [0.25, 0.3) is 0 Å². The minimum atomic E-state index is -0.618. The van der Waals surface area contributed by atoms with E-state index in [1.165, 1.54) is 12.1 Å². The summed E-state index contributed by atoms with van der Waals surface area (Å²) < 4.78 is 4.83. The minimum Gasteiger partial charge on any atom is -0.464 e. The van der Waals surface area contributed by atoms with Crippen LogP contribution < -0.4 is 16.6 Å². The van der Waals surface area contributed by atoms with E-state index in [1.807, 2.05) is 0 Å². The van der Waals surface area contributed by atoms with E-state index in [9.17, 15) is 14.9 Å². The zero-order valence-corrected chi connectivity index (χ0v) is 10.7. The fourth-order valence-electron chi connectivity index (χ4n) is 1.46. The van der Waals surface area contributed by atoms with E-state index >= 15 is 0 Å². The highest BCUT2D eigenvalue weighted by Gasteiger charge is 2.16. The molecule has 8 heteroatoms. The Morgan fingerprint density at radius 1 is 1.47 bits per heavy atom. The summed E-state index contributed by atoms with van der Waals surface area (Å²) in [5.41, 5.74) is 2.97. The van der Waals surface area contributed by atoms with Gasteiger partial charge >= 0.3 is 5.97 Å². The van der Waals surface area contributed by atoms with Gasteiger partial charge in [-0.25, -0.2) is 4.79 Å². The fourth-order valence-corrected chi connectivity index (χ4v) is 1.46. The fraction of sp³-hybridized carbons (Fsp3) is 0.364. The maximum absolute atomic E-state index is 11.5. The number of non-ortho nitro benzene ring substituents is 1. The zero-order valence-electron chi connectivity index (χ0n) is 10.7. The molecule has 1 aromatic carbocycles. The predicted molar refractivity (Wildman–Crippen MR) is 70.6 cm³/mol. The zero-order chi connectivity index (χ0) is 14.4. The number of anilines is 2. The normalized spacial score (nSPS) is 11.5. The van der Waals surface area contributed by atoms with Crippen LogP contribution in [0.2, 0.25) is 0 Å². The van der Waals surface area contributed by atoms with E-state index in [0.29, 0.717) is 11.4 Å². The number of carbonyl (C=O) groups excluding carboxylic acids is 1. The molecule has 0 amide bonds. The van der Waals surface area contributed by atoms with Gasteiger partial charge in [0, 0.05) is 17.8 Å². The third-order valence-corrected chi connectivity index (χ3v) is 2.32. The first kappa shape index (κ1) is 14.7. The maximum atomic E-state index is 11.5. The van der Waals surface area contributed by atoms with E-state index in [1.54, 1.807) is 19.9 Å². The molecule has 0 saturated heterocycles. The molecule has 0 aliphatic rings. The molecule has 0 spiro atoms. The number of nitrogens with one attached hydrogen (secondary N) is 2. The van der Waals surface area contributed by atoms with Gasteiger partial charge < -0.3 is 15.5 Å². The third kappa shape index (κ3) is 4.11. The van der Waals surface area contributed by atoms with Gasteiger partial charge in [0.25, 0.3) is 5.69 Å². The second-order valence-electron chi connectivity index (χ2n) is 3.79. The van der Waals surface area contributed by atoms with Crippen LogP contribution in [0, 0.1) is 10.1 Å². The number of rotatable bonds is 6. The van der Waals surface area contributed by atoms with Gasteiger partial charge in [-0.05, 0) is 19.9 Å². The van der Waals surface area contributed by atoms with Gasteiger partial charge in [0.2, 0.25) is 0 Å². The minimum absolute atomic E-state index is 0.131. The summed E-state index contributed by atoms with van der Waals surface area (Å²) in [4.78, 5) is 21.7. The molecule has 104 valence electrons. The Kier molecular flexibility index (Phi) is 5.07. The van der Waals surface area contributed by atoms with Crippen LogP contribution in [0.5, 0.6) is 0 Å². The number of hydrogen-bond acceptors (Lipinski definition) is 7. The molecule has 0 aliphatic heterocycles. The van der Waals surface area contributed by atoms with Gasteiger partial charge in [0.15, 0.2) is 0 Å². The summed E-state index contributed by atoms with van der Waals surface area (Å²) in [6.07, 6.45) is 0. The number of hydrazine groups is 1. The van der Waals surface area contributed by atoms with E-state index in [4.69, 9.17) is 10.6 Å². The van der Waals surface area contributed by atoms with Crippen molar-refractivity contribution in [2.45, 2.75) is 19.9 Å². The Morgan fingerprint density at radius 3 is 2.63 bits per heavy atom. The van der Waals surface area contributed by atoms with Gasteiger partial charge in [-0.15, -0.1) is 0 Å². The number of nitrogen functional groups attached to an aromatic ring is 1. The molecule has 0 fully saturated rings. The van der Waals surface area contributed by atoms with E-state index in [2.05, 4.69) is 10.7 Å². The molecule has 1 unspecified atom stereocenters. The monoisotopic (exact) mass is 268 g/mol. The molecular weight excluding hydrogens is 252 g/mol. The Bertz CT molecular complexity index is 478. The maximum Gasteiger partial charge on any atom is 0.328 e. The number of ether oxygens (including phenoxy) is 1. The first-order valence-electron chi connectivity index (χ1n) is 5.67. The van der Waals surface area contributed by atoms with Crippen molar-refractivity contribution in [2.24, 2.45) is 5.84 Å². The Hall–Kier alpha value is -2.35. The predicted octanol–water partition coefficient (Wildman–Crippen LogP) is 1.24. The van der Waals surface area contributed by atoms with E-state index in [0.717, 1.165) is 0 Å². The van der Waals surface area contributed by atoms with Crippen LogP contribution in [0.1, 0.15) is 13.8 Å². The molecule has 1 atom stereocenters. The van der Waals surface area contributed by atoms with Gasteiger partial charge in [0.1, 0.15) is 6.04 Å². The van der Waals surface area contributed by atoms with Gasteiger partial charge in [0.05, 0.1) is 17.2 Å². The molecule has 0 heterocycles. The molecule has 0 bridgehead atoms. The molecule has 4 N–H and O–H groups in total. The number of benzene rings is 1. The number of esters is 1. The van der Waals surface area contributed by atoms with Crippen molar-refractivity contribution in [1.29, 1.82) is 0 Å². The topological polar surface area (TPSA) is 120 Å². The molecule has 1 rings (SSSR count). The third-order valence-electron chi connectivity index (χ3n) is 2.32. The molecule has 0 radical (unpaired) electrons. The summed E-state index contributed by atoms with van der Waals surface area (Å²) in [6, 6.07) is 3.55. The Balaban J connectivity index is 2.91. The first-order chi connectivity index (χ1) is 8.97. The second kappa shape index (κ2) is 6.55. The smallest absolute Gasteiger partial charge is 0.328 e. The molecule has 8 nitrogen and oxygen atoms in total. The summed E-state index contributed by atoms with van der Waals surface area (Å²) in [6.45, 7) is 3.58. The lowest BCUT2D eigenvalue weighted by Gasteiger charge is -2.14. The first-order valence-corrected chi connectivity index (χ1v) is 5.67. The highest BCUT2D eigenvalue weighted by atomic mass is 16.6. The Labute approximate surface area is 110 Å². The van der Waals surface area contributed by atoms with Crippen LogP contribution in [0.4, 0.5) is 17.1 Å². The van der Waals surface area contributed by atoms with Gasteiger partial charge in [-0.1, -0.05) is 0 Å². The number of nitro groups is 1. The average Bonchev–Trinajstić information content (AvgIpc) is 2.38. The molecule has 1 aromatic rings. The number of hydrogen-bond donors (Lipinski definition) is 3. The van der Waals surface area contributed by atoms with Gasteiger partial charge in [-0.2, -0.15) is 0 Å². The van der Waals surface area contributed by atoms with Crippen molar-refractivity contribution in [3.63, 3.8) is 0 Å². The summed E-state index contributed by atoms with van der Waals surface area (Å²) in [7, 11) is 0. The quantitative estimate of drug-likeness (QED) is 0.307. The van der Waals surface area contributed by atoms with Crippen molar-refractivity contribution in [3.05, 3.63) is 28.3 Å². The van der Waals surface area contributed by atoms with Crippen molar-refractivity contribution >= 4 is 23.0 Å². The van der Waals surface area contributed by atoms with Crippen LogP contribution >= 0.6 is 0 Å². The average molecular weight is 268 g/mol. The van der Waals surface area contributed by atoms with Crippen LogP contribution in [-0.4, -0.2) is 23.5 Å². The SMILES string of the molecule is CCOC(=O)C(C)Nc1cc(NN)cc([N+](=O)[O-])c1. The van der Waals surface area contributed by atoms with Crippen LogP contribution in [-0.2, 0) is 9.53 Å². The summed E-state index contributed by atoms with van der Waals surface area (Å²) in [5, 5.41) is 13.6. The highest BCUT2D eigenvalue weighted by Crippen LogP contribution is 2.24. The highest BCUT2D eigenvalue weighted by molar-refractivity contribution is 5.79. The molecule has 0 saturated carbocycles. The lowest BCUT2D eigenvalue weighted by atomic mass is 10.2. The molecule has 19 heavy (non-hydrogen) atoms. The standard InChI is InChI=1S/C11H16N4O4/c1-3-19-11(16)7(2)13-8-4-9(14-12)6-10(5-8)15(17)18/h4-7,13-14H,3,12H2,1-2H3. The molecular formula is C11H16N4O4. The second-order valence-corrected chi connectivity index (χ2v) is 3.79. The lowest BCUT2D eigenvalue weighted by Crippen LogP contribution is -2.28. The van der Waals surface area contributed by atoms with Crippen molar-refractivity contribution in [3.8, 4) is 0 Å². The van der Waals surface area contributed by atoms with Crippen molar-refractivity contribution in [1.82, 2.24) is 0 Å². The summed E-state index contributed by atoms with van der Waals surface area (Å²) in [5.74, 6) is 4.80. The van der Waals surface area contributed by atoms with Crippen molar-refractivity contribution in [2.75, 3.05) is 17.3 Å². The number of nitrogens with zero attached hydrogens (tertiary/aromatic N) is 1. The number of carbonyl (C=O) groups is 1. The van der Waals surface area contributed by atoms with Crippen molar-refractivity contribution < 1.29 is 14.5 Å². The largest absolute Gasteiger partial charge is 0.464 e. The van der Waals surface area contributed by atoms with Crippen LogP contribution in [0.3, 0.4) is 0 Å². The Morgan fingerprint density at radius 2 is 2.11 bits per heavy atom. The number of nitro benzene ring substituents is 1. The van der Waals surface area contributed by atoms with Gasteiger partial charge in [-0.3, -0.25) is 16.0 Å². The number of nitrogens with two attached hydrogens (primary N) is 1. The molecule has 0 aliphatic carbocycles. The summed E-state index contributed by atoms with van der Waals surface area (Å²) >= 11 is 0. The van der Waals surface area contributed by atoms with E-state index < -0.39 is 16.9 Å². The van der Waals surface area contributed by atoms with E-state index in [-0.39, 0.29) is 12.3 Å².